The largest absolute Gasteiger partial charge is 0.496 e. The summed E-state index contributed by atoms with van der Waals surface area (Å²) < 4.78 is 10.7. The molecule has 16 nitrogen and oxygen atoms in total. The lowest BCUT2D eigenvalue weighted by Gasteiger charge is -2.24. The van der Waals surface area contributed by atoms with E-state index in [0.29, 0.717) is 24.3 Å². The Labute approximate surface area is 302 Å². The predicted molar refractivity (Wildman–Crippen MR) is 197 cm³/mol. The maximum atomic E-state index is 13.6. The minimum Gasteiger partial charge on any atom is -0.496 e. The van der Waals surface area contributed by atoms with Crippen LogP contribution in [0.1, 0.15) is 57.9 Å². The topological polar surface area (TPSA) is 272 Å². The molecule has 0 heterocycles. The summed E-state index contributed by atoms with van der Waals surface area (Å²) in [6, 6.07) is 16.8. The zero-order valence-corrected chi connectivity index (χ0v) is 29.5. The molecule has 3 rings (SSSR count). The Hall–Kier alpha value is -6.19. The molecule has 0 aromatic heterocycles. The highest BCUT2D eigenvalue weighted by Gasteiger charge is 2.29. The number of benzene rings is 3. The third kappa shape index (κ3) is 15.6. The Morgan fingerprint density at radius 3 is 1.90 bits per heavy atom. The number of carboxylic acids is 1. The SMILES string of the molecule is CC(=O)O.COc1cc(NC(=O)[C@H](CCCC(=N)N)NC(=O)[C@H](CCCC(=N)N)NC(=O)[C@H](C)NC(=O)OCc2ccccc2)cc2ccccc12. The van der Waals surface area contributed by atoms with E-state index in [1.54, 1.807) is 24.3 Å². The fourth-order valence-corrected chi connectivity index (χ4v) is 4.85. The van der Waals surface area contributed by atoms with Crippen molar-refractivity contribution in [3.05, 3.63) is 72.3 Å². The molecule has 0 saturated heterocycles. The highest BCUT2D eigenvalue weighted by atomic mass is 16.5. The first-order valence-electron chi connectivity index (χ1n) is 16.5. The predicted octanol–water partition coefficient (Wildman–Crippen LogP) is 3.37. The van der Waals surface area contributed by atoms with Crippen molar-refractivity contribution < 1.29 is 38.6 Å². The lowest BCUT2D eigenvalue weighted by molar-refractivity contribution is -0.134. The molecule has 11 N–H and O–H groups in total. The quantitative estimate of drug-likeness (QED) is 0.0683. The van der Waals surface area contributed by atoms with Gasteiger partial charge in [0, 0.05) is 36.9 Å². The normalized spacial score (nSPS) is 12.1. The van der Waals surface area contributed by atoms with Crippen LogP contribution in [0, 0.1) is 10.8 Å². The van der Waals surface area contributed by atoms with E-state index in [1.165, 1.54) is 14.0 Å². The van der Waals surface area contributed by atoms with Crippen molar-refractivity contribution in [3.63, 3.8) is 0 Å². The molecule has 0 aliphatic carbocycles. The zero-order valence-electron chi connectivity index (χ0n) is 29.5. The second-order valence-electron chi connectivity index (χ2n) is 11.8. The fourth-order valence-electron chi connectivity index (χ4n) is 4.85. The Kier molecular flexibility index (Phi) is 17.6. The van der Waals surface area contributed by atoms with Gasteiger partial charge < -0.3 is 47.3 Å². The van der Waals surface area contributed by atoms with Crippen LogP contribution in [-0.4, -0.2) is 71.8 Å². The van der Waals surface area contributed by atoms with Crippen LogP contribution in [0.4, 0.5) is 10.5 Å². The number of amides is 4. The van der Waals surface area contributed by atoms with Crippen LogP contribution in [-0.2, 0) is 30.5 Å². The summed E-state index contributed by atoms with van der Waals surface area (Å²) in [4.78, 5) is 61.6. The van der Waals surface area contributed by atoms with Gasteiger partial charge in [-0.25, -0.2) is 4.79 Å². The standard InChI is InChI=1S/C34H44N8O6.C2H4O2/c1-21(39-34(46)48-20-22-10-4-3-5-11-22)31(43)41-27(15-9-17-30(37)38)33(45)42-26(14-8-16-29(35)36)32(44)40-24-18-23-12-6-7-13-25(23)28(19-24)47-2;1-2(3)4/h3-7,10-13,18-19,21,26-27H,8-9,14-17,20H2,1-2H3,(H3,35,36)(H3,37,38)(H,39,46)(H,40,44)(H,41,43)(H,42,45);1H3,(H,3,4)/t21-,26-,27-;/m0./s1. The summed E-state index contributed by atoms with van der Waals surface area (Å²) >= 11 is 0. The third-order valence-corrected chi connectivity index (χ3v) is 7.40. The van der Waals surface area contributed by atoms with Gasteiger partial charge in [-0.3, -0.25) is 30.0 Å². The summed E-state index contributed by atoms with van der Waals surface area (Å²) in [5.41, 5.74) is 12.3. The molecule has 0 aliphatic heterocycles. The molecule has 0 unspecified atom stereocenters. The molecule has 280 valence electrons. The first-order chi connectivity index (χ1) is 24.7. The van der Waals surface area contributed by atoms with E-state index in [0.717, 1.165) is 23.3 Å². The van der Waals surface area contributed by atoms with Crippen LogP contribution in [0.3, 0.4) is 0 Å². The van der Waals surface area contributed by atoms with Crippen LogP contribution in [0.5, 0.6) is 5.75 Å². The Morgan fingerprint density at radius 1 is 0.788 bits per heavy atom. The number of nitrogens with one attached hydrogen (secondary N) is 6. The number of aliphatic carboxylic acids is 1. The number of ether oxygens (including phenoxy) is 2. The van der Waals surface area contributed by atoms with Gasteiger partial charge in [0.05, 0.1) is 18.8 Å². The molecular weight excluding hydrogens is 672 g/mol. The molecule has 0 fully saturated rings. The maximum absolute atomic E-state index is 13.6. The average Bonchev–Trinajstić information content (AvgIpc) is 3.09. The number of rotatable bonds is 18. The van der Waals surface area contributed by atoms with Crippen LogP contribution >= 0.6 is 0 Å². The summed E-state index contributed by atoms with van der Waals surface area (Å²) in [6.07, 6.45) is 0.478. The molecule has 0 saturated carbocycles. The van der Waals surface area contributed by atoms with Crippen LogP contribution in [0.2, 0.25) is 0 Å². The lowest BCUT2D eigenvalue weighted by atomic mass is 10.0. The van der Waals surface area contributed by atoms with E-state index < -0.39 is 47.9 Å². The first-order valence-corrected chi connectivity index (χ1v) is 16.5. The summed E-state index contributed by atoms with van der Waals surface area (Å²) in [6.45, 7) is 2.54. The van der Waals surface area contributed by atoms with Gasteiger partial charge in [-0.2, -0.15) is 0 Å². The lowest BCUT2D eigenvalue weighted by Crippen LogP contribution is -2.55. The van der Waals surface area contributed by atoms with Gasteiger partial charge in [0.15, 0.2) is 0 Å². The molecule has 0 bridgehead atoms. The third-order valence-electron chi connectivity index (χ3n) is 7.40. The molecule has 0 aliphatic rings. The van der Waals surface area contributed by atoms with Crippen molar-refractivity contribution in [2.24, 2.45) is 11.5 Å². The minimum atomic E-state index is -1.12. The van der Waals surface area contributed by atoms with Gasteiger partial charge in [-0.1, -0.05) is 54.6 Å². The second-order valence-corrected chi connectivity index (χ2v) is 11.8. The van der Waals surface area contributed by atoms with E-state index in [4.69, 9.17) is 41.7 Å². The van der Waals surface area contributed by atoms with Crippen LogP contribution < -0.4 is 37.5 Å². The number of alkyl carbamates (subject to hydrolysis) is 1. The number of amidine groups is 2. The number of anilines is 1. The Bertz CT molecular complexity index is 1700. The zero-order chi connectivity index (χ0) is 38.6. The smallest absolute Gasteiger partial charge is 0.408 e. The van der Waals surface area contributed by atoms with Gasteiger partial charge in [-0.05, 0) is 49.6 Å². The molecule has 3 atom stereocenters. The van der Waals surface area contributed by atoms with Crippen LogP contribution in [0.25, 0.3) is 10.8 Å². The molecule has 3 aromatic rings. The van der Waals surface area contributed by atoms with Crippen molar-refractivity contribution >= 4 is 57.9 Å². The number of nitrogens with two attached hydrogens (primary N) is 2. The maximum Gasteiger partial charge on any atom is 0.408 e. The molecular formula is C36H48N8O8. The molecule has 4 amide bonds. The summed E-state index contributed by atoms with van der Waals surface area (Å²) in [5.74, 6) is -2.24. The highest BCUT2D eigenvalue weighted by Crippen LogP contribution is 2.30. The molecule has 52 heavy (non-hydrogen) atoms. The highest BCUT2D eigenvalue weighted by molar-refractivity contribution is 6.01. The summed E-state index contributed by atoms with van der Waals surface area (Å²) in [7, 11) is 1.53. The average molecular weight is 721 g/mol. The molecule has 0 radical (unpaired) electrons. The van der Waals surface area contributed by atoms with Gasteiger partial charge in [-0.15, -0.1) is 0 Å². The number of fused-ring (bicyclic) bond motifs is 1. The number of hydrogen-bond acceptors (Lipinski definition) is 9. The Morgan fingerprint density at radius 2 is 1.33 bits per heavy atom. The van der Waals surface area contributed by atoms with E-state index >= 15 is 0 Å². The van der Waals surface area contributed by atoms with E-state index in [-0.39, 0.29) is 44.0 Å². The first kappa shape index (κ1) is 42.0. The van der Waals surface area contributed by atoms with E-state index in [2.05, 4.69) is 21.3 Å². The van der Waals surface area contributed by atoms with Gasteiger partial charge >= 0.3 is 6.09 Å². The Balaban J connectivity index is 0.00000222. The van der Waals surface area contributed by atoms with E-state index in [9.17, 15) is 19.2 Å². The van der Waals surface area contributed by atoms with Crippen molar-refractivity contribution in [2.45, 2.75) is 77.1 Å². The fraction of sp³-hybridized carbons (Fsp3) is 0.361. The van der Waals surface area contributed by atoms with Crippen molar-refractivity contribution in [2.75, 3.05) is 12.4 Å². The van der Waals surface area contributed by atoms with Crippen molar-refractivity contribution in [3.8, 4) is 5.75 Å². The minimum absolute atomic E-state index is 0.0101. The van der Waals surface area contributed by atoms with Crippen molar-refractivity contribution in [1.82, 2.24) is 16.0 Å². The monoisotopic (exact) mass is 720 g/mol. The number of carbonyl (C=O) groups excluding carboxylic acids is 4. The van der Waals surface area contributed by atoms with E-state index in [1.807, 2.05) is 42.5 Å². The van der Waals surface area contributed by atoms with Gasteiger partial charge in [0.2, 0.25) is 17.7 Å². The number of hydrogen-bond donors (Lipinski definition) is 9. The molecule has 0 spiro atoms. The van der Waals surface area contributed by atoms with Gasteiger partial charge in [0.1, 0.15) is 30.5 Å². The number of methoxy groups -OCH3 is 1. The van der Waals surface area contributed by atoms with Crippen LogP contribution in [0.15, 0.2) is 66.7 Å². The summed E-state index contributed by atoms with van der Waals surface area (Å²) in [5, 5.41) is 34.9. The molecule has 3 aromatic carbocycles. The van der Waals surface area contributed by atoms with Gasteiger partial charge in [0.25, 0.3) is 5.97 Å². The second kappa shape index (κ2) is 21.8. The molecule has 16 heteroatoms. The number of carbonyl (C=O) groups is 5. The number of carboxylic acid groups (broad SMARTS) is 1. The van der Waals surface area contributed by atoms with Crippen molar-refractivity contribution in [1.29, 1.82) is 10.8 Å².